The Morgan fingerprint density at radius 1 is 1.33 bits per heavy atom. The van der Waals surface area contributed by atoms with E-state index in [1.807, 2.05) is 6.92 Å². The molecule has 2 unspecified atom stereocenters. The normalized spacial score (nSPS) is 14.1. The molecule has 0 aromatic heterocycles. The van der Waals surface area contributed by atoms with E-state index in [4.69, 9.17) is 0 Å². The van der Waals surface area contributed by atoms with Gasteiger partial charge in [-0.3, -0.25) is 10.1 Å². The number of carbonyl (C=O) groups excluding carboxylic acids is 1. The first-order valence-electron chi connectivity index (χ1n) is 7.14. The summed E-state index contributed by atoms with van der Waals surface area (Å²) >= 11 is 3.35. The molecular formula is C16H24BrFN2O. The fraction of sp³-hybridized carbons (Fsp3) is 0.562. The summed E-state index contributed by atoms with van der Waals surface area (Å²) in [6.45, 7) is 6.02. The van der Waals surface area contributed by atoms with E-state index in [2.05, 4.69) is 35.1 Å². The summed E-state index contributed by atoms with van der Waals surface area (Å²) in [6, 6.07) is 4.30. The lowest BCUT2D eigenvalue weighted by atomic mass is 10.00. The lowest BCUT2D eigenvalue weighted by molar-refractivity contribution is -0.131. The molecule has 118 valence electrons. The second kappa shape index (κ2) is 7.90. The zero-order chi connectivity index (χ0) is 16.2. The van der Waals surface area contributed by atoms with Crippen molar-refractivity contribution in [2.75, 3.05) is 14.1 Å². The number of rotatable bonds is 6. The van der Waals surface area contributed by atoms with E-state index < -0.39 is 0 Å². The summed E-state index contributed by atoms with van der Waals surface area (Å²) in [5, 5.41) is 3.26. The minimum Gasteiger partial charge on any atom is -0.347 e. The predicted octanol–water partition coefficient (Wildman–Crippen LogP) is 3.74. The van der Waals surface area contributed by atoms with Crippen LogP contribution in [0.5, 0.6) is 0 Å². The maximum absolute atomic E-state index is 13.9. The van der Waals surface area contributed by atoms with Crippen molar-refractivity contribution in [3.05, 3.63) is 34.1 Å². The van der Waals surface area contributed by atoms with Gasteiger partial charge in [-0.15, -0.1) is 0 Å². The topological polar surface area (TPSA) is 32.3 Å². The van der Waals surface area contributed by atoms with E-state index in [1.165, 1.54) is 6.07 Å². The molecule has 0 spiro atoms. The summed E-state index contributed by atoms with van der Waals surface area (Å²) in [4.78, 5) is 13.8. The summed E-state index contributed by atoms with van der Waals surface area (Å²) < 4.78 is 14.8. The minimum absolute atomic E-state index is 0.0194. The maximum Gasteiger partial charge on any atom is 0.239 e. The molecule has 0 fully saturated rings. The SMILES string of the molecule is CC(C)CC(NC(C)c1cc(Br)ccc1F)C(=O)N(C)C. The van der Waals surface area contributed by atoms with Crippen molar-refractivity contribution in [1.29, 1.82) is 0 Å². The van der Waals surface area contributed by atoms with Crippen LogP contribution in [0.1, 0.15) is 38.8 Å². The highest BCUT2D eigenvalue weighted by molar-refractivity contribution is 9.10. The molecule has 0 radical (unpaired) electrons. The van der Waals surface area contributed by atoms with Gasteiger partial charge < -0.3 is 4.90 Å². The summed E-state index contributed by atoms with van der Waals surface area (Å²) in [5.74, 6) is 0.135. The van der Waals surface area contributed by atoms with Crippen LogP contribution in [-0.4, -0.2) is 30.9 Å². The van der Waals surface area contributed by atoms with E-state index in [0.29, 0.717) is 11.5 Å². The van der Waals surface area contributed by atoms with E-state index in [0.717, 1.165) is 10.9 Å². The Morgan fingerprint density at radius 2 is 1.95 bits per heavy atom. The van der Waals surface area contributed by atoms with E-state index in [1.54, 1.807) is 31.1 Å². The van der Waals surface area contributed by atoms with Crippen molar-refractivity contribution in [2.24, 2.45) is 5.92 Å². The van der Waals surface area contributed by atoms with Gasteiger partial charge in [0.25, 0.3) is 0 Å². The molecule has 5 heteroatoms. The average Bonchev–Trinajstić information content (AvgIpc) is 2.39. The van der Waals surface area contributed by atoms with E-state index >= 15 is 0 Å². The van der Waals surface area contributed by atoms with Gasteiger partial charge in [0, 0.05) is 30.2 Å². The second-order valence-corrected chi connectivity index (χ2v) is 6.88. The highest BCUT2D eigenvalue weighted by atomic mass is 79.9. The molecule has 2 atom stereocenters. The molecule has 0 saturated carbocycles. The Morgan fingerprint density at radius 3 is 2.48 bits per heavy atom. The van der Waals surface area contributed by atoms with Crippen LogP contribution in [0, 0.1) is 11.7 Å². The van der Waals surface area contributed by atoms with Crippen LogP contribution in [0.25, 0.3) is 0 Å². The van der Waals surface area contributed by atoms with Gasteiger partial charge in [-0.25, -0.2) is 4.39 Å². The fourth-order valence-corrected chi connectivity index (χ4v) is 2.64. The lowest BCUT2D eigenvalue weighted by Gasteiger charge is -2.27. The number of amides is 1. The first-order valence-corrected chi connectivity index (χ1v) is 7.93. The van der Waals surface area contributed by atoms with Crippen molar-refractivity contribution in [2.45, 2.75) is 39.3 Å². The van der Waals surface area contributed by atoms with Crippen LogP contribution in [0.3, 0.4) is 0 Å². The lowest BCUT2D eigenvalue weighted by Crippen LogP contribution is -2.45. The molecule has 1 amide bonds. The molecule has 0 bridgehead atoms. The standard InChI is InChI=1S/C16H24BrFN2O/c1-10(2)8-15(16(21)20(4)5)19-11(3)13-9-12(17)6-7-14(13)18/h6-7,9-11,15,19H,8H2,1-5H3. The number of hydrogen-bond donors (Lipinski definition) is 1. The van der Waals surface area contributed by atoms with E-state index in [9.17, 15) is 9.18 Å². The van der Waals surface area contributed by atoms with Gasteiger partial charge >= 0.3 is 0 Å². The third-order valence-electron chi connectivity index (χ3n) is 3.32. The van der Waals surface area contributed by atoms with Crippen molar-refractivity contribution in [3.8, 4) is 0 Å². The molecular weight excluding hydrogens is 335 g/mol. The Kier molecular flexibility index (Phi) is 6.81. The Balaban J connectivity index is 2.91. The average molecular weight is 359 g/mol. The molecule has 0 saturated heterocycles. The van der Waals surface area contributed by atoms with Crippen LogP contribution in [-0.2, 0) is 4.79 Å². The largest absolute Gasteiger partial charge is 0.347 e. The molecule has 0 aliphatic rings. The third-order valence-corrected chi connectivity index (χ3v) is 3.81. The number of nitrogens with zero attached hydrogens (tertiary/aromatic N) is 1. The molecule has 0 heterocycles. The number of benzene rings is 1. The van der Waals surface area contributed by atoms with Gasteiger partial charge in [-0.1, -0.05) is 29.8 Å². The van der Waals surface area contributed by atoms with Gasteiger partial charge in [0.05, 0.1) is 6.04 Å². The number of hydrogen-bond acceptors (Lipinski definition) is 2. The Labute approximate surface area is 135 Å². The Hall–Kier alpha value is -0.940. The van der Waals surface area contributed by atoms with Crippen molar-refractivity contribution >= 4 is 21.8 Å². The minimum atomic E-state index is -0.312. The van der Waals surface area contributed by atoms with Gasteiger partial charge in [-0.05, 0) is 37.5 Å². The van der Waals surface area contributed by atoms with Crippen LogP contribution < -0.4 is 5.32 Å². The first-order chi connectivity index (χ1) is 9.72. The van der Waals surface area contributed by atoms with Crippen LogP contribution in [0.2, 0.25) is 0 Å². The smallest absolute Gasteiger partial charge is 0.239 e. The van der Waals surface area contributed by atoms with Gasteiger partial charge in [0.1, 0.15) is 5.82 Å². The molecule has 0 aliphatic carbocycles. The summed E-state index contributed by atoms with van der Waals surface area (Å²) in [6.07, 6.45) is 0.719. The predicted molar refractivity (Wildman–Crippen MR) is 87.6 cm³/mol. The van der Waals surface area contributed by atoms with Gasteiger partial charge in [-0.2, -0.15) is 0 Å². The zero-order valence-corrected chi connectivity index (χ0v) is 14.9. The van der Waals surface area contributed by atoms with Crippen LogP contribution in [0.15, 0.2) is 22.7 Å². The Bertz CT molecular complexity index is 491. The van der Waals surface area contributed by atoms with Crippen molar-refractivity contribution in [1.82, 2.24) is 10.2 Å². The number of halogens is 2. The highest BCUT2D eigenvalue weighted by Gasteiger charge is 2.24. The van der Waals surface area contributed by atoms with Crippen LogP contribution in [0.4, 0.5) is 4.39 Å². The third kappa shape index (κ3) is 5.40. The van der Waals surface area contributed by atoms with Crippen molar-refractivity contribution < 1.29 is 9.18 Å². The zero-order valence-electron chi connectivity index (χ0n) is 13.3. The van der Waals surface area contributed by atoms with Crippen molar-refractivity contribution in [3.63, 3.8) is 0 Å². The monoisotopic (exact) mass is 358 g/mol. The summed E-state index contributed by atoms with van der Waals surface area (Å²) in [5.41, 5.74) is 0.560. The molecule has 1 rings (SSSR count). The van der Waals surface area contributed by atoms with Gasteiger partial charge in [0.15, 0.2) is 0 Å². The molecule has 3 nitrogen and oxygen atoms in total. The molecule has 21 heavy (non-hydrogen) atoms. The van der Waals surface area contributed by atoms with Crippen LogP contribution >= 0.6 is 15.9 Å². The number of nitrogens with one attached hydrogen (secondary N) is 1. The number of likely N-dealkylation sites (N-methyl/N-ethyl adjacent to an activating group) is 1. The fourth-order valence-electron chi connectivity index (χ4n) is 2.26. The molecule has 0 aliphatic heterocycles. The first kappa shape index (κ1) is 18.1. The number of carbonyl (C=O) groups is 1. The quantitative estimate of drug-likeness (QED) is 0.839. The summed E-state index contributed by atoms with van der Waals surface area (Å²) in [7, 11) is 3.48. The highest BCUT2D eigenvalue weighted by Crippen LogP contribution is 2.23. The molecule has 1 aromatic rings. The molecule has 1 N–H and O–H groups in total. The van der Waals surface area contributed by atoms with Gasteiger partial charge in [0.2, 0.25) is 5.91 Å². The maximum atomic E-state index is 13.9. The van der Waals surface area contributed by atoms with E-state index in [-0.39, 0.29) is 23.8 Å². The molecule has 1 aromatic carbocycles. The second-order valence-electron chi connectivity index (χ2n) is 5.97.